The van der Waals surface area contributed by atoms with Gasteiger partial charge in [0.25, 0.3) is 0 Å². The smallest absolute Gasteiger partial charge is 0.0787 e. The van der Waals surface area contributed by atoms with E-state index in [0.29, 0.717) is 0 Å². The summed E-state index contributed by atoms with van der Waals surface area (Å²) in [5, 5.41) is 2.63. The summed E-state index contributed by atoms with van der Waals surface area (Å²) in [4.78, 5) is 10.1. The van der Waals surface area contributed by atoms with Crippen LogP contribution in [0.2, 0.25) is 0 Å². The highest BCUT2D eigenvalue weighted by molar-refractivity contribution is 7.26. The van der Waals surface area contributed by atoms with Crippen molar-refractivity contribution in [3.8, 4) is 55.8 Å². The van der Waals surface area contributed by atoms with Crippen molar-refractivity contribution >= 4 is 54.3 Å². The van der Waals surface area contributed by atoms with Gasteiger partial charge in [-0.1, -0.05) is 115 Å². The number of rotatable bonds is 3. The second-order valence-corrected chi connectivity index (χ2v) is 14.9. The fraction of sp³-hybridized carbons (Fsp3) is 0.0408. The van der Waals surface area contributed by atoms with Crippen LogP contribution in [0, 0.1) is 0 Å². The molecule has 4 heteroatoms. The maximum Gasteiger partial charge on any atom is 0.0787 e. The predicted molar refractivity (Wildman–Crippen MR) is 225 cm³/mol. The Hall–Kier alpha value is -6.49. The number of nitrogens with zero attached hydrogens (tertiary/aromatic N) is 3. The molecule has 0 saturated heterocycles. The first kappa shape index (κ1) is 30.2. The minimum Gasteiger partial charge on any atom is -0.338 e. The molecule has 0 bridgehead atoms. The number of benzene rings is 7. The first-order chi connectivity index (χ1) is 26.3. The minimum atomic E-state index is 0.864. The van der Waals surface area contributed by atoms with Gasteiger partial charge in [-0.15, -0.1) is 11.3 Å². The molecule has 7 aromatic carbocycles. The van der Waals surface area contributed by atoms with E-state index < -0.39 is 0 Å². The van der Waals surface area contributed by atoms with Crippen LogP contribution in [0.3, 0.4) is 0 Å². The number of hydrogen-bond acceptors (Lipinski definition) is 4. The average molecular weight is 696 g/mol. The minimum absolute atomic E-state index is 0.864. The molecule has 3 heterocycles. The van der Waals surface area contributed by atoms with E-state index in [0.717, 1.165) is 29.9 Å². The molecule has 250 valence electrons. The van der Waals surface area contributed by atoms with Crippen LogP contribution in [0.4, 0.5) is 22.7 Å². The Morgan fingerprint density at radius 3 is 1.74 bits per heavy atom. The van der Waals surface area contributed by atoms with Crippen LogP contribution in [0.5, 0.6) is 0 Å². The van der Waals surface area contributed by atoms with E-state index >= 15 is 0 Å². The SMILES string of the molecule is c1ccc(N2CCN(c3ccccc3)c3cc4c(cc32)-c2cc(-c3cccc5c3sc3ccccc35)ccc2-c2ccccc2-c2cccnc2-4)cc1. The fourth-order valence-electron chi connectivity index (χ4n) is 8.56. The van der Waals surface area contributed by atoms with E-state index in [2.05, 4.69) is 180 Å². The molecule has 0 radical (unpaired) electrons. The molecule has 2 aliphatic rings. The van der Waals surface area contributed by atoms with Crippen LogP contribution in [0.1, 0.15) is 0 Å². The van der Waals surface area contributed by atoms with Crippen LogP contribution >= 0.6 is 11.3 Å². The Bertz CT molecular complexity index is 2860. The molecule has 0 fully saturated rings. The molecule has 11 rings (SSSR count). The molecule has 0 atom stereocenters. The van der Waals surface area contributed by atoms with Gasteiger partial charge in [0, 0.05) is 62.0 Å². The highest BCUT2D eigenvalue weighted by Crippen LogP contribution is 2.53. The van der Waals surface area contributed by atoms with E-state index in [1.165, 1.54) is 81.9 Å². The van der Waals surface area contributed by atoms with Gasteiger partial charge in [-0.3, -0.25) is 4.98 Å². The standard InChI is InChI=1S/C49H33N3S/c1-3-13-33(14-4-1)51-27-28-52(34-15-5-2-6-16-34)46-31-44-43(30-45(46)51)42-29-32(35-20-11-21-41-39-19-9-10-23-47(39)53-49(35)41)24-25-38(42)36-17-7-8-18-37(36)40-22-12-26-50-48(40)44/h1-26,29-31H,27-28H2. The van der Waals surface area contributed by atoms with Gasteiger partial charge in [0.2, 0.25) is 0 Å². The van der Waals surface area contributed by atoms with Crippen molar-refractivity contribution in [2.24, 2.45) is 0 Å². The van der Waals surface area contributed by atoms with Gasteiger partial charge in [-0.05, 0) is 93.5 Å². The third-order valence-electron chi connectivity index (χ3n) is 11.0. The van der Waals surface area contributed by atoms with Gasteiger partial charge in [0.1, 0.15) is 0 Å². The molecule has 0 N–H and O–H groups in total. The fourth-order valence-corrected chi connectivity index (χ4v) is 9.79. The third kappa shape index (κ3) is 4.76. The molecule has 0 spiro atoms. The maximum atomic E-state index is 5.17. The summed E-state index contributed by atoms with van der Waals surface area (Å²) in [6.45, 7) is 1.73. The third-order valence-corrected chi connectivity index (χ3v) is 12.2. The van der Waals surface area contributed by atoms with Crippen molar-refractivity contribution in [3.63, 3.8) is 0 Å². The van der Waals surface area contributed by atoms with E-state index in [4.69, 9.17) is 4.98 Å². The van der Waals surface area contributed by atoms with E-state index in [-0.39, 0.29) is 0 Å². The molecule has 0 unspecified atom stereocenters. The van der Waals surface area contributed by atoms with Crippen molar-refractivity contribution in [2.45, 2.75) is 0 Å². The van der Waals surface area contributed by atoms with Crippen molar-refractivity contribution < 1.29 is 0 Å². The Labute approximate surface area is 312 Å². The normalized spacial score (nSPS) is 13.1. The quantitative estimate of drug-likeness (QED) is 0.183. The molecular formula is C49H33N3S. The van der Waals surface area contributed by atoms with Crippen LogP contribution < -0.4 is 9.80 Å². The Kier molecular flexibility index (Phi) is 6.86. The molecule has 1 aliphatic heterocycles. The number of anilines is 4. The second kappa shape index (κ2) is 12.0. The van der Waals surface area contributed by atoms with Gasteiger partial charge >= 0.3 is 0 Å². The lowest BCUT2D eigenvalue weighted by molar-refractivity contribution is 0.850. The zero-order chi connectivity index (χ0) is 34.9. The van der Waals surface area contributed by atoms with Gasteiger partial charge in [0.15, 0.2) is 0 Å². The summed E-state index contributed by atoms with van der Waals surface area (Å²) in [5.41, 5.74) is 16.6. The summed E-state index contributed by atoms with van der Waals surface area (Å²) < 4.78 is 2.64. The molecule has 0 saturated carbocycles. The van der Waals surface area contributed by atoms with E-state index in [1.54, 1.807) is 0 Å². The molecular weight excluding hydrogens is 663 g/mol. The number of para-hydroxylation sites is 2. The molecule has 53 heavy (non-hydrogen) atoms. The van der Waals surface area contributed by atoms with Crippen molar-refractivity contribution in [1.82, 2.24) is 4.98 Å². The topological polar surface area (TPSA) is 19.4 Å². The van der Waals surface area contributed by atoms with Crippen molar-refractivity contribution in [2.75, 3.05) is 22.9 Å². The predicted octanol–water partition coefficient (Wildman–Crippen LogP) is 13.4. The van der Waals surface area contributed by atoms with Crippen LogP contribution in [-0.4, -0.2) is 18.1 Å². The monoisotopic (exact) mass is 695 g/mol. The van der Waals surface area contributed by atoms with Gasteiger partial charge < -0.3 is 9.80 Å². The lowest BCUT2D eigenvalue weighted by Crippen LogP contribution is -2.36. The summed E-state index contributed by atoms with van der Waals surface area (Å²) >= 11 is 1.89. The first-order valence-corrected chi connectivity index (χ1v) is 19.1. The number of fused-ring (bicyclic) bond motifs is 12. The Morgan fingerprint density at radius 1 is 0.415 bits per heavy atom. The molecule has 2 aromatic heterocycles. The second-order valence-electron chi connectivity index (χ2n) is 13.8. The Morgan fingerprint density at radius 2 is 0.981 bits per heavy atom. The summed E-state index contributed by atoms with van der Waals surface area (Å²) in [6, 6.07) is 62.3. The molecule has 3 nitrogen and oxygen atoms in total. The molecule has 0 amide bonds. The zero-order valence-electron chi connectivity index (χ0n) is 28.9. The summed E-state index contributed by atoms with van der Waals surface area (Å²) in [5.74, 6) is 0. The first-order valence-electron chi connectivity index (χ1n) is 18.2. The largest absolute Gasteiger partial charge is 0.338 e. The average Bonchev–Trinajstić information content (AvgIpc) is 3.62. The van der Waals surface area contributed by atoms with Crippen molar-refractivity contribution in [1.29, 1.82) is 0 Å². The maximum absolute atomic E-state index is 5.17. The molecule has 1 aliphatic carbocycles. The number of hydrogen-bond donors (Lipinski definition) is 0. The summed E-state index contributed by atoms with van der Waals surface area (Å²) in [7, 11) is 0. The highest BCUT2D eigenvalue weighted by atomic mass is 32.1. The van der Waals surface area contributed by atoms with Crippen LogP contribution in [0.25, 0.3) is 75.9 Å². The van der Waals surface area contributed by atoms with Crippen molar-refractivity contribution in [3.05, 3.63) is 176 Å². The van der Waals surface area contributed by atoms with Crippen LogP contribution in [-0.2, 0) is 0 Å². The van der Waals surface area contributed by atoms with Gasteiger partial charge in [-0.2, -0.15) is 0 Å². The molecule has 9 aromatic rings. The highest BCUT2D eigenvalue weighted by Gasteiger charge is 2.30. The zero-order valence-corrected chi connectivity index (χ0v) is 29.7. The number of pyridine rings is 1. The number of aromatic nitrogens is 1. The van der Waals surface area contributed by atoms with Gasteiger partial charge in [0.05, 0.1) is 17.1 Å². The lowest BCUT2D eigenvalue weighted by atomic mass is 9.81. The van der Waals surface area contributed by atoms with E-state index in [1.807, 2.05) is 17.5 Å². The van der Waals surface area contributed by atoms with Crippen LogP contribution in [0.15, 0.2) is 176 Å². The van der Waals surface area contributed by atoms with Gasteiger partial charge in [-0.25, -0.2) is 0 Å². The summed E-state index contributed by atoms with van der Waals surface area (Å²) in [6.07, 6.45) is 1.94. The number of thiophene rings is 1. The lowest BCUT2D eigenvalue weighted by Gasteiger charge is -2.40. The Balaban J connectivity index is 1.23. The van der Waals surface area contributed by atoms with E-state index in [9.17, 15) is 0 Å².